The first-order chi connectivity index (χ1) is 12.0. The van der Waals surface area contributed by atoms with Gasteiger partial charge in [-0.1, -0.05) is 36.4 Å². The summed E-state index contributed by atoms with van der Waals surface area (Å²) in [5.41, 5.74) is 7.20. The van der Waals surface area contributed by atoms with Crippen LogP contribution in [0.5, 0.6) is 5.75 Å². The molecule has 0 aliphatic heterocycles. The van der Waals surface area contributed by atoms with Gasteiger partial charge in [0.25, 0.3) is 5.91 Å². The van der Waals surface area contributed by atoms with Gasteiger partial charge >= 0.3 is 0 Å². The fourth-order valence-corrected chi connectivity index (χ4v) is 2.75. The van der Waals surface area contributed by atoms with Gasteiger partial charge in [-0.3, -0.25) is 4.79 Å². The topological polar surface area (TPSA) is 61.7 Å². The zero-order valence-corrected chi connectivity index (χ0v) is 14.5. The van der Waals surface area contributed by atoms with Crippen molar-refractivity contribution in [3.63, 3.8) is 0 Å². The molecule has 3 aromatic rings. The van der Waals surface area contributed by atoms with E-state index in [1.54, 1.807) is 18.3 Å². The van der Waals surface area contributed by atoms with Gasteiger partial charge in [-0.05, 0) is 65.9 Å². The third-order valence-corrected chi connectivity index (χ3v) is 4.58. The second-order valence-electron chi connectivity index (χ2n) is 6.14. The number of phenols is 1. The molecule has 2 N–H and O–H groups in total. The number of phenolic OH excluding ortho intramolecular Hbond substituents is 1. The van der Waals surface area contributed by atoms with E-state index in [0.717, 1.165) is 21.9 Å². The maximum atomic E-state index is 12.3. The number of aryl methyl sites for hydroxylation is 1. The molecule has 0 atom stereocenters. The van der Waals surface area contributed by atoms with Gasteiger partial charge in [-0.15, -0.1) is 0 Å². The summed E-state index contributed by atoms with van der Waals surface area (Å²) in [5, 5.41) is 15.9. The van der Waals surface area contributed by atoms with Gasteiger partial charge in [0.15, 0.2) is 0 Å². The number of nitrogens with zero attached hydrogens (tertiary/aromatic N) is 1. The third kappa shape index (κ3) is 3.38. The first-order valence-electron chi connectivity index (χ1n) is 8.09. The number of amides is 1. The molecule has 0 aromatic heterocycles. The zero-order chi connectivity index (χ0) is 18.0. The van der Waals surface area contributed by atoms with Crippen LogP contribution in [0.4, 0.5) is 0 Å². The van der Waals surface area contributed by atoms with Crippen molar-refractivity contribution in [2.24, 2.45) is 5.10 Å². The van der Waals surface area contributed by atoms with Crippen LogP contribution in [0.3, 0.4) is 0 Å². The van der Waals surface area contributed by atoms with Crippen molar-refractivity contribution in [2.45, 2.75) is 20.8 Å². The standard InChI is InChI=1S/C21H20N2O2/c1-13-8-9-18(15(3)14(13)2)12-22-23-21(25)19-10-16-6-4-5-7-17(16)11-20(19)24/h4-12,24H,1-3H3,(H,23,25)/b22-12-. The van der Waals surface area contributed by atoms with E-state index in [-0.39, 0.29) is 11.3 Å². The fourth-order valence-electron chi connectivity index (χ4n) is 2.75. The van der Waals surface area contributed by atoms with E-state index in [1.165, 1.54) is 11.1 Å². The average molecular weight is 332 g/mol. The summed E-state index contributed by atoms with van der Waals surface area (Å²) in [6, 6.07) is 14.8. The normalized spacial score (nSPS) is 11.2. The summed E-state index contributed by atoms with van der Waals surface area (Å²) in [4.78, 5) is 12.3. The number of benzene rings is 3. The van der Waals surface area contributed by atoms with Crippen LogP contribution in [0, 0.1) is 20.8 Å². The van der Waals surface area contributed by atoms with Crippen molar-refractivity contribution in [3.8, 4) is 5.75 Å². The van der Waals surface area contributed by atoms with Crippen molar-refractivity contribution in [3.05, 3.63) is 76.3 Å². The molecule has 0 fully saturated rings. The molecule has 0 aliphatic rings. The summed E-state index contributed by atoms with van der Waals surface area (Å²) in [7, 11) is 0. The molecular weight excluding hydrogens is 312 g/mol. The van der Waals surface area contributed by atoms with Crippen LogP contribution in [0.2, 0.25) is 0 Å². The van der Waals surface area contributed by atoms with Crippen molar-refractivity contribution in [2.75, 3.05) is 0 Å². The van der Waals surface area contributed by atoms with Crippen LogP contribution in [-0.2, 0) is 0 Å². The van der Waals surface area contributed by atoms with E-state index < -0.39 is 5.91 Å². The minimum atomic E-state index is -0.444. The van der Waals surface area contributed by atoms with Crippen LogP contribution < -0.4 is 5.43 Å². The Kier molecular flexibility index (Phi) is 4.52. The number of hydrogen-bond donors (Lipinski definition) is 2. The molecule has 126 valence electrons. The first-order valence-corrected chi connectivity index (χ1v) is 8.09. The Morgan fingerprint density at radius 3 is 2.40 bits per heavy atom. The Labute approximate surface area is 146 Å². The van der Waals surface area contributed by atoms with Gasteiger partial charge in [0, 0.05) is 0 Å². The van der Waals surface area contributed by atoms with Gasteiger partial charge < -0.3 is 5.11 Å². The molecule has 4 heteroatoms. The average Bonchev–Trinajstić information content (AvgIpc) is 2.61. The van der Waals surface area contributed by atoms with Crippen LogP contribution in [0.15, 0.2) is 53.6 Å². The maximum absolute atomic E-state index is 12.3. The lowest BCUT2D eigenvalue weighted by molar-refractivity contribution is 0.0952. The smallest absolute Gasteiger partial charge is 0.275 e. The first kappa shape index (κ1) is 16.7. The molecular formula is C21H20N2O2. The number of carbonyl (C=O) groups excluding carboxylic acids is 1. The number of fused-ring (bicyclic) bond motifs is 1. The minimum absolute atomic E-state index is 0.0613. The SMILES string of the molecule is Cc1ccc(/C=N\NC(=O)c2cc3ccccc3cc2O)c(C)c1C. The van der Waals surface area contributed by atoms with Crippen LogP contribution >= 0.6 is 0 Å². The predicted molar refractivity (Wildman–Crippen MR) is 101 cm³/mol. The van der Waals surface area contributed by atoms with Gasteiger partial charge in [-0.25, -0.2) is 5.43 Å². The number of aromatic hydroxyl groups is 1. The lowest BCUT2D eigenvalue weighted by atomic mass is 10.00. The number of rotatable bonds is 3. The number of carbonyl (C=O) groups is 1. The Morgan fingerprint density at radius 2 is 1.68 bits per heavy atom. The van der Waals surface area contributed by atoms with Gasteiger partial charge in [0.2, 0.25) is 0 Å². The third-order valence-electron chi connectivity index (χ3n) is 4.58. The molecule has 0 aliphatic carbocycles. The Balaban J connectivity index is 1.81. The molecule has 25 heavy (non-hydrogen) atoms. The Hall–Kier alpha value is -3.14. The second kappa shape index (κ2) is 6.77. The van der Waals surface area contributed by atoms with E-state index in [2.05, 4.69) is 24.4 Å². The lowest BCUT2D eigenvalue weighted by Gasteiger charge is -2.08. The molecule has 0 bridgehead atoms. The predicted octanol–water partition coefficient (Wildman–Crippen LogP) is 4.23. The molecule has 0 saturated heterocycles. The summed E-state index contributed by atoms with van der Waals surface area (Å²) in [5.74, 6) is -0.505. The van der Waals surface area contributed by atoms with Crippen molar-refractivity contribution in [1.29, 1.82) is 0 Å². The Morgan fingerprint density at radius 1 is 1.00 bits per heavy atom. The van der Waals surface area contributed by atoms with Gasteiger partial charge in [-0.2, -0.15) is 5.10 Å². The van der Waals surface area contributed by atoms with E-state index in [9.17, 15) is 9.90 Å². The number of nitrogens with one attached hydrogen (secondary N) is 1. The molecule has 0 radical (unpaired) electrons. The van der Waals surface area contributed by atoms with Gasteiger partial charge in [0.1, 0.15) is 5.75 Å². The quantitative estimate of drug-likeness (QED) is 0.557. The highest BCUT2D eigenvalue weighted by Crippen LogP contribution is 2.24. The molecule has 1 amide bonds. The summed E-state index contributed by atoms with van der Waals surface area (Å²) >= 11 is 0. The van der Waals surface area contributed by atoms with Crippen LogP contribution in [-0.4, -0.2) is 17.2 Å². The Bertz CT molecular complexity index is 991. The molecule has 0 spiro atoms. The minimum Gasteiger partial charge on any atom is -0.507 e. The molecule has 3 rings (SSSR count). The monoisotopic (exact) mass is 332 g/mol. The highest BCUT2D eigenvalue weighted by molar-refractivity contribution is 6.01. The molecule has 4 nitrogen and oxygen atoms in total. The second-order valence-corrected chi connectivity index (χ2v) is 6.14. The zero-order valence-electron chi connectivity index (χ0n) is 14.5. The number of hydrazone groups is 1. The fraction of sp³-hybridized carbons (Fsp3) is 0.143. The van der Waals surface area contributed by atoms with Crippen molar-refractivity contribution in [1.82, 2.24) is 5.43 Å². The van der Waals surface area contributed by atoms with E-state index in [4.69, 9.17) is 0 Å². The lowest BCUT2D eigenvalue weighted by Crippen LogP contribution is -2.17. The highest BCUT2D eigenvalue weighted by atomic mass is 16.3. The highest BCUT2D eigenvalue weighted by Gasteiger charge is 2.11. The van der Waals surface area contributed by atoms with Gasteiger partial charge in [0.05, 0.1) is 11.8 Å². The molecule has 3 aromatic carbocycles. The number of hydrogen-bond acceptors (Lipinski definition) is 3. The molecule has 0 saturated carbocycles. The van der Waals surface area contributed by atoms with E-state index >= 15 is 0 Å². The molecule has 0 heterocycles. The molecule has 0 unspecified atom stereocenters. The van der Waals surface area contributed by atoms with Crippen molar-refractivity contribution < 1.29 is 9.90 Å². The maximum Gasteiger partial charge on any atom is 0.275 e. The van der Waals surface area contributed by atoms with Crippen LogP contribution in [0.1, 0.15) is 32.6 Å². The summed E-state index contributed by atoms with van der Waals surface area (Å²) in [6.45, 7) is 6.15. The van der Waals surface area contributed by atoms with Crippen molar-refractivity contribution >= 4 is 22.9 Å². The van der Waals surface area contributed by atoms with Crippen LogP contribution in [0.25, 0.3) is 10.8 Å². The summed E-state index contributed by atoms with van der Waals surface area (Å²) < 4.78 is 0. The largest absolute Gasteiger partial charge is 0.507 e. The van der Waals surface area contributed by atoms with E-state index in [1.807, 2.05) is 43.3 Å². The van der Waals surface area contributed by atoms with E-state index in [0.29, 0.717) is 0 Å². The summed E-state index contributed by atoms with van der Waals surface area (Å²) in [6.07, 6.45) is 1.62.